The molecule has 0 N–H and O–H groups in total. The Hall–Kier alpha value is -0.560. The lowest BCUT2D eigenvalue weighted by Gasteiger charge is -2.35. The molecule has 22 heavy (non-hydrogen) atoms. The average Bonchev–Trinajstić information content (AvgIpc) is 2.39. The van der Waals surface area contributed by atoms with Gasteiger partial charge < -0.3 is 9.64 Å². The standard InChI is InChI=1S/C19H36N2O/c1-18(2,3)8-7-16-22-17-15-21-13-11-20(12-14-21)10-9-19(4,5)6/h9-17H2,1-6H3. The topological polar surface area (TPSA) is 15.7 Å². The number of rotatable bonds is 6. The molecule has 0 spiro atoms. The molecule has 1 heterocycles. The van der Waals surface area contributed by atoms with Crippen LogP contribution in [0, 0.1) is 22.7 Å². The van der Waals surface area contributed by atoms with E-state index in [1.165, 1.54) is 39.1 Å². The third-order valence-electron chi connectivity index (χ3n) is 3.83. The lowest BCUT2D eigenvalue weighted by molar-refractivity contribution is 0.0834. The van der Waals surface area contributed by atoms with Crippen LogP contribution < -0.4 is 0 Å². The van der Waals surface area contributed by atoms with E-state index in [0.717, 1.165) is 13.2 Å². The van der Waals surface area contributed by atoms with Crippen molar-refractivity contribution in [1.82, 2.24) is 9.80 Å². The molecule has 0 aromatic heterocycles. The monoisotopic (exact) mass is 308 g/mol. The summed E-state index contributed by atoms with van der Waals surface area (Å²) < 4.78 is 5.62. The van der Waals surface area contributed by atoms with E-state index in [9.17, 15) is 0 Å². The van der Waals surface area contributed by atoms with E-state index in [4.69, 9.17) is 4.74 Å². The first-order valence-corrected chi connectivity index (χ1v) is 8.68. The van der Waals surface area contributed by atoms with Gasteiger partial charge in [0.2, 0.25) is 0 Å². The molecule has 0 saturated carbocycles. The van der Waals surface area contributed by atoms with Gasteiger partial charge in [0, 0.05) is 38.1 Å². The van der Waals surface area contributed by atoms with Crippen molar-refractivity contribution in [2.24, 2.45) is 10.8 Å². The summed E-state index contributed by atoms with van der Waals surface area (Å²) in [5.74, 6) is 6.30. The fraction of sp³-hybridized carbons (Fsp3) is 0.895. The second kappa shape index (κ2) is 8.91. The van der Waals surface area contributed by atoms with Crippen molar-refractivity contribution >= 4 is 0 Å². The maximum absolute atomic E-state index is 5.62. The highest BCUT2D eigenvalue weighted by atomic mass is 16.5. The molecule has 1 aliphatic rings. The van der Waals surface area contributed by atoms with Gasteiger partial charge in [-0.25, -0.2) is 0 Å². The average molecular weight is 309 g/mol. The van der Waals surface area contributed by atoms with E-state index in [1.54, 1.807) is 0 Å². The normalized spacial score (nSPS) is 18.1. The minimum absolute atomic E-state index is 0.0761. The predicted molar refractivity (Wildman–Crippen MR) is 95.0 cm³/mol. The third-order valence-corrected chi connectivity index (χ3v) is 3.83. The summed E-state index contributed by atoms with van der Waals surface area (Å²) in [7, 11) is 0. The Bertz CT molecular complexity index is 360. The van der Waals surface area contributed by atoms with Gasteiger partial charge in [0.15, 0.2) is 0 Å². The Morgan fingerprint density at radius 1 is 0.864 bits per heavy atom. The van der Waals surface area contributed by atoms with Crippen LogP contribution in [0.15, 0.2) is 0 Å². The van der Waals surface area contributed by atoms with Crippen molar-refractivity contribution in [3.63, 3.8) is 0 Å². The van der Waals surface area contributed by atoms with Gasteiger partial charge in [-0.1, -0.05) is 32.6 Å². The minimum Gasteiger partial charge on any atom is -0.367 e. The van der Waals surface area contributed by atoms with Crippen molar-refractivity contribution in [1.29, 1.82) is 0 Å². The summed E-state index contributed by atoms with van der Waals surface area (Å²) in [4.78, 5) is 5.10. The van der Waals surface area contributed by atoms with Gasteiger partial charge in [0.25, 0.3) is 0 Å². The molecule has 1 saturated heterocycles. The van der Waals surface area contributed by atoms with Crippen LogP contribution in [0.2, 0.25) is 0 Å². The summed E-state index contributed by atoms with van der Waals surface area (Å²) in [5, 5.41) is 0. The first-order chi connectivity index (χ1) is 10.2. The molecule has 1 rings (SSSR count). The lowest BCUT2D eigenvalue weighted by Crippen LogP contribution is -2.47. The van der Waals surface area contributed by atoms with Crippen molar-refractivity contribution in [2.45, 2.75) is 48.0 Å². The first-order valence-electron chi connectivity index (χ1n) is 8.68. The van der Waals surface area contributed by atoms with Crippen molar-refractivity contribution in [3.8, 4) is 11.8 Å². The van der Waals surface area contributed by atoms with Gasteiger partial charge in [-0.05, 0) is 39.2 Å². The van der Waals surface area contributed by atoms with Crippen LogP contribution in [-0.2, 0) is 4.74 Å². The molecule has 0 amide bonds. The Balaban J connectivity index is 2.07. The highest BCUT2D eigenvalue weighted by Crippen LogP contribution is 2.19. The van der Waals surface area contributed by atoms with Crippen molar-refractivity contribution < 1.29 is 4.74 Å². The Labute approximate surface area is 138 Å². The van der Waals surface area contributed by atoms with Crippen LogP contribution in [0.5, 0.6) is 0 Å². The zero-order chi connectivity index (χ0) is 16.6. The molecule has 1 fully saturated rings. The van der Waals surface area contributed by atoms with Gasteiger partial charge >= 0.3 is 0 Å². The number of nitrogens with zero attached hydrogens (tertiary/aromatic N) is 2. The van der Waals surface area contributed by atoms with Crippen LogP contribution >= 0.6 is 0 Å². The lowest BCUT2D eigenvalue weighted by atomic mass is 9.92. The molecule has 0 aromatic rings. The zero-order valence-corrected chi connectivity index (χ0v) is 15.7. The molecule has 128 valence electrons. The predicted octanol–water partition coefficient (Wildman–Crippen LogP) is 3.11. The third kappa shape index (κ3) is 10.2. The summed E-state index contributed by atoms with van der Waals surface area (Å²) in [6.07, 6.45) is 1.28. The SMILES string of the molecule is CC(C)(C)C#CCOCCN1CCN(CCC(C)(C)C)CC1. The molecule has 0 bridgehead atoms. The maximum atomic E-state index is 5.62. The van der Waals surface area contributed by atoms with Crippen LogP contribution in [0.1, 0.15) is 48.0 Å². The van der Waals surface area contributed by atoms with Crippen molar-refractivity contribution in [3.05, 3.63) is 0 Å². The number of ether oxygens (including phenoxy) is 1. The van der Waals surface area contributed by atoms with Gasteiger partial charge in [-0.3, -0.25) is 4.90 Å². The molecule has 3 nitrogen and oxygen atoms in total. The molecule has 0 aliphatic carbocycles. The summed E-state index contributed by atoms with van der Waals surface area (Å²) in [6.45, 7) is 21.7. The van der Waals surface area contributed by atoms with Crippen LogP contribution in [0.25, 0.3) is 0 Å². The van der Waals surface area contributed by atoms with Gasteiger partial charge in [0.1, 0.15) is 6.61 Å². The van der Waals surface area contributed by atoms with Crippen LogP contribution in [0.4, 0.5) is 0 Å². The second-order valence-corrected chi connectivity index (χ2v) is 8.60. The van der Waals surface area contributed by atoms with E-state index in [-0.39, 0.29) is 5.41 Å². The minimum atomic E-state index is 0.0761. The van der Waals surface area contributed by atoms with E-state index in [2.05, 4.69) is 63.2 Å². The molecule has 0 unspecified atom stereocenters. The Morgan fingerprint density at radius 2 is 1.41 bits per heavy atom. The van der Waals surface area contributed by atoms with Gasteiger partial charge in [-0.2, -0.15) is 0 Å². The molecular formula is C19H36N2O. The van der Waals surface area contributed by atoms with E-state index >= 15 is 0 Å². The second-order valence-electron chi connectivity index (χ2n) is 8.60. The largest absolute Gasteiger partial charge is 0.367 e. The van der Waals surface area contributed by atoms with E-state index in [0.29, 0.717) is 12.0 Å². The van der Waals surface area contributed by atoms with Crippen molar-refractivity contribution in [2.75, 3.05) is 52.5 Å². The highest BCUT2D eigenvalue weighted by Gasteiger charge is 2.18. The Morgan fingerprint density at radius 3 is 1.91 bits per heavy atom. The van der Waals surface area contributed by atoms with Crippen LogP contribution in [-0.4, -0.2) is 62.3 Å². The van der Waals surface area contributed by atoms with E-state index in [1.807, 2.05) is 0 Å². The smallest absolute Gasteiger partial charge is 0.107 e. The fourth-order valence-electron chi connectivity index (χ4n) is 2.35. The number of piperazine rings is 1. The molecule has 0 radical (unpaired) electrons. The molecule has 0 aromatic carbocycles. The quantitative estimate of drug-likeness (QED) is 0.554. The van der Waals surface area contributed by atoms with Gasteiger partial charge in [0.05, 0.1) is 6.61 Å². The first kappa shape index (κ1) is 19.5. The van der Waals surface area contributed by atoms with Crippen LogP contribution in [0.3, 0.4) is 0 Å². The number of hydrogen-bond donors (Lipinski definition) is 0. The maximum Gasteiger partial charge on any atom is 0.107 e. The molecule has 3 heteroatoms. The summed E-state index contributed by atoms with van der Waals surface area (Å²) in [5.41, 5.74) is 0.520. The fourth-order valence-corrected chi connectivity index (χ4v) is 2.35. The summed E-state index contributed by atoms with van der Waals surface area (Å²) in [6, 6.07) is 0. The zero-order valence-electron chi connectivity index (χ0n) is 15.7. The molecule has 0 atom stereocenters. The molecular weight excluding hydrogens is 272 g/mol. The number of hydrogen-bond acceptors (Lipinski definition) is 3. The van der Waals surface area contributed by atoms with E-state index < -0.39 is 0 Å². The Kier molecular flexibility index (Phi) is 7.89. The highest BCUT2D eigenvalue weighted by molar-refractivity contribution is 5.07. The summed E-state index contributed by atoms with van der Waals surface area (Å²) >= 11 is 0. The molecule has 1 aliphatic heterocycles. The van der Waals surface area contributed by atoms with Gasteiger partial charge in [-0.15, -0.1) is 0 Å².